The summed E-state index contributed by atoms with van der Waals surface area (Å²) in [7, 11) is 1.88. The average Bonchev–Trinajstić information content (AvgIpc) is 2.43. The van der Waals surface area contributed by atoms with E-state index in [-0.39, 0.29) is 0 Å². The van der Waals surface area contributed by atoms with Gasteiger partial charge < -0.3 is 5.32 Å². The highest BCUT2D eigenvalue weighted by Crippen LogP contribution is 2.27. The summed E-state index contributed by atoms with van der Waals surface area (Å²) < 4.78 is 1.72. The van der Waals surface area contributed by atoms with E-state index in [0.717, 1.165) is 15.9 Å². The number of halogens is 1. The van der Waals surface area contributed by atoms with Crippen molar-refractivity contribution in [2.45, 2.75) is 0 Å². The second-order valence-electron chi connectivity index (χ2n) is 2.40. The van der Waals surface area contributed by atoms with Crippen molar-refractivity contribution >= 4 is 38.8 Å². The van der Waals surface area contributed by atoms with E-state index in [1.165, 1.54) is 11.3 Å². The second kappa shape index (κ2) is 2.92. The number of fused-ring (bicyclic) bond motifs is 1. The number of hydrogen-bond acceptors (Lipinski definition) is 3. The molecule has 62 valence electrons. The monoisotopic (exact) mass is 198 g/mol. The molecule has 0 aliphatic rings. The Morgan fingerprint density at radius 3 is 3.08 bits per heavy atom. The van der Waals surface area contributed by atoms with E-state index in [0.29, 0.717) is 4.47 Å². The smallest absolute Gasteiger partial charge is 0.184 e. The number of benzene rings is 1. The third kappa shape index (κ3) is 1.26. The van der Waals surface area contributed by atoms with E-state index >= 15 is 0 Å². The topological polar surface area (TPSA) is 24.9 Å². The van der Waals surface area contributed by atoms with Gasteiger partial charge in [-0.1, -0.05) is 11.6 Å². The molecule has 0 saturated heterocycles. The van der Waals surface area contributed by atoms with Gasteiger partial charge in [-0.25, -0.2) is 4.98 Å². The molecule has 0 bridgehead atoms. The first-order valence-electron chi connectivity index (χ1n) is 3.53. The van der Waals surface area contributed by atoms with E-state index in [9.17, 15) is 0 Å². The molecule has 1 N–H and O–H groups in total. The minimum Gasteiger partial charge on any atom is -0.388 e. The van der Waals surface area contributed by atoms with Gasteiger partial charge in [0.1, 0.15) is 0 Å². The SMILES string of the molecule is CNc1ccc2sc(Cl)nc2c1. The van der Waals surface area contributed by atoms with Crippen LogP contribution in [0.1, 0.15) is 0 Å². The molecule has 2 rings (SSSR count). The van der Waals surface area contributed by atoms with Crippen LogP contribution in [-0.2, 0) is 0 Å². The lowest BCUT2D eigenvalue weighted by Gasteiger charge is -1.96. The van der Waals surface area contributed by atoms with Gasteiger partial charge in [0.25, 0.3) is 0 Å². The molecule has 12 heavy (non-hydrogen) atoms. The first kappa shape index (κ1) is 7.83. The number of rotatable bonds is 1. The molecule has 1 heterocycles. The molecule has 0 radical (unpaired) electrons. The summed E-state index contributed by atoms with van der Waals surface area (Å²) in [5.41, 5.74) is 2.02. The third-order valence-corrected chi connectivity index (χ3v) is 2.79. The molecule has 0 aliphatic heterocycles. The first-order chi connectivity index (χ1) is 5.79. The lowest BCUT2D eigenvalue weighted by molar-refractivity contribution is 1.47. The standard InChI is InChI=1S/C8H7ClN2S/c1-10-5-2-3-7-6(4-5)11-8(9)12-7/h2-4,10H,1H3. The lowest BCUT2D eigenvalue weighted by atomic mass is 10.3. The van der Waals surface area contributed by atoms with Crippen LogP contribution in [-0.4, -0.2) is 12.0 Å². The molecule has 2 nitrogen and oxygen atoms in total. The summed E-state index contributed by atoms with van der Waals surface area (Å²) in [6, 6.07) is 6.01. The van der Waals surface area contributed by atoms with Crippen molar-refractivity contribution in [1.29, 1.82) is 0 Å². The Labute approximate surface area is 79.2 Å². The van der Waals surface area contributed by atoms with Gasteiger partial charge >= 0.3 is 0 Å². The molecule has 0 fully saturated rings. The molecule has 2 aromatic rings. The molecular formula is C8H7ClN2S. The van der Waals surface area contributed by atoms with Crippen molar-refractivity contribution in [3.63, 3.8) is 0 Å². The van der Waals surface area contributed by atoms with E-state index < -0.39 is 0 Å². The molecule has 0 amide bonds. The van der Waals surface area contributed by atoms with Gasteiger partial charge in [0.15, 0.2) is 4.47 Å². The lowest BCUT2D eigenvalue weighted by Crippen LogP contribution is -1.85. The summed E-state index contributed by atoms with van der Waals surface area (Å²) in [5.74, 6) is 0. The molecule has 1 aromatic carbocycles. The molecule has 0 spiro atoms. The van der Waals surface area contributed by atoms with E-state index in [1.807, 2.05) is 25.2 Å². The van der Waals surface area contributed by atoms with Crippen molar-refractivity contribution in [2.75, 3.05) is 12.4 Å². The fourth-order valence-corrected chi connectivity index (χ4v) is 2.07. The minimum absolute atomic E-state index is 0.596. The summed E-state index contributed by atoms with van der Waals surface area (Å²) in [5, 5.41) is 3.05. The first-order valence-corrected chi connectivity index (χ1v) is 4.73. The molecule has 0 atom stereocenters. The Balaban J connectivity index is 2.66. The molecule has 4 heteroatoms. The van der Waals surface area contributed by atoms with Gasteiger partial charge in [-0.15, -0.1) is 11.3 Å². The fourth-order valence-electron chi connectivity index (χ4n) is 1.05. The third-order valence-electron chi connectivity index (χ3n) is 1.65. The largest absolute Gasteiger partial charge is 0.388 e. The van der Waals surface area contributed by atoms with E-state index in [1.54, 1.807) is 0 Å². The zero-order valence-corrected chi connectivity index (χ0v) is 8.04. The van der Waals surface area contributed by atoms with E-state index in [4.69, 9.17) is 11.6 Å². The van der Waals surface area contributed by atoms with Gasteiger partial charge in [0.2, 0.25) is 0 Å². The number of aromatic nitrogens is 1. The Morgan fingerprint density at radius 1 is 1.50 bits per heavy atom. The predicted molar refractivity (Wildman–Crippen MR) is 54.2 cm³/mol. The van der Waals surface area contributed by atoms with Crippen LogP contribution in [0, 0.1) is 0 Å². The number of thiazole rings is 1. The molecular weight excluding hydrogens is 192 g/mol. The van der Waals surface area contributed by atoms with Crippen LogP contribution in [0.5, 0.6) is 0 Å². The highest BCUT2D eigenvalue weighted by atomic mass is 35.5. The zero-order chi connectivity index (χ0) is 8.55. The highest BCUT2D eigenvalue weighted by Gasteiger charge is 2.00. The van der Waals surface area contributed by atoms with Gasteiger partial charge in [-0.05, 0) is 18.2 Å². The quantitative estimate of drug-likeness (QED) is 0.762. The Bertz CT molecular complexity index is 410. The number of anilines is 1. The maximum absolute atomic E-state index is 5.77. The predicted octanol–water partition coefficient (Wildman–Crippen LogP) is 2.99. The normalized spacial score (nSPS) is 10.5. The summed E-state index contributed by atoms with van der Waals surface area (Å²) in [6.45, 7) is 0. The van der Waals surface area contributed by atoms with Crippen molar-refractivity contribution in [3.8, 4) is 0 Å². The maximum Gasteiger partial charge on any atom is 0.184 e. The van der Waals surface area contributed by atoms with Crippen LogP contribution >= 0.6 is 22.9 Å². The van der Waals surface area contributed by atoms with Gasteiger partial charge in [-0.3, -0.25) is 0 Å². The Morgan fingerprint density at radius 2 is 2.33 bits per heavy atom. The second-order valence-corrected chi connectivity index (χ2v) is 4.01. The fraction of sp³-hybridized carbons (Fsp3) is 0.125. The average molecular weight is 199 g/mol. The van der Waals surface area contributed by atoms with Gasteiger partial charge in [-0.2, -0.15) is 0 Å². The van der Waals surface area contributed by atoms with Crippen molar-refractivity contribution in [1.82, 2.24) is 4.98 Å². The number of nitrogens with zero attached hydrogens (tertiary/aromatic N) is 1. The highest BCUT2D eigenvalue weighted by molar-refractivity contribution is 7.22. The number of hydrogen-bond donors (Lipinski definition) is 1. The maximum atomic E-state index is 5.77. The van der Waals surface area contributed by atoms with E-state index in [2.05, 4.69) is 10.3 Å². The molecule has 1 aromatic heterocycles. The van der Waals surface area contributed by atoms with Crippen LogP contribution in [0.15, 0.2) is 18.2 Å². The van der Waals surface area contributed by atoms with Gasteiger partial charge in [0, 0.05) is 12.7 Å². The summed E-state index contributed by atoms with van der Waals surface area (Å²) in [6.07, 6.45) is 0. The summed E-state index contributed by atoms with van der Waals surface area (Å²) >= 11 is 7.26. The van der Waals surface area contributed by atoms with Crippen molar-refractivity contribution in [3.05, 3.63) is 22.7 Å². The zero-order valence-electron chi connectivity index (χ0n) is 6.47. The van der Waals surface area contributed by atoms with Crippen LogP contribution in [0.2, 0.25) is 4.47 Å². The van der Waals surface area contributed by atoms with Crippen LogP contribution in [0.25, 0.3) is 10.2 Å². The van der Waals surface area contributed by atoms with Gasteiger partial charge in [0.05, 0.1) is 10.2 Å². The molecule has 0 aliphatic carbocycles. The Kier molecular flexibility index (Phi) is 1.90. The van der Waals surface area contributed by atoms with Crippen molar-refractivity contribution in [2.24, 2.45) is 0 Å². The molecule has 0 saturated carbocycles. The minimum atomic E-state index is 0.596. The van der Waals surface area contributed by atoms with Crippen LogP contribution in [0.3, 0.4) is 0 Å². The Hall–Kier alpha value is -0.800. The summed E-state index contributed by atoms with van der Waals surface area (Å²) in [4.78, 5) is 4.17. The van der Waals surface area contributed by atoms with Crippen LogP contribution < -0.4 is 5.32 Å². The van der Waals surface area contributed by atoms with Crippen molar-refractivity contribution < 1.29 is 0 Å². The molecule has 0 unspecified atom stereocenters. The van der Waals surface area contributed by atoms with Crippen LogP contribution in [0.4, 0.5) is 5.69 Å². The number of nitrogens with one attached hydrogen (secondary N) is 1.